The Hall–Kier alpha value is -0.730. The van der Waals surface area contributed by atoms with Gasteiger partial charge in [0.1, 0.15) is 0 Å². The lowest BCUT2D eigenvalue weighted by molar-refractivity contribution is 0.581. The number of rotatable bonds is 5. The number of nitrogens with two attached hydrogens (primary N) is 1. The monoisotopic (exact) mass is 288 g/mol. The van der Waals surface area contributed by atoms with Crippen LogP contribution < -0.4 is 10.5 Å². The van der Waals surface area contributed by atoms with Crippen LogP contribution in [0.25, 0.3) is 0 Å². The number of thiophene rings is 2. The van der Waals surface area contributed by atoms with Crippen molar-refractivity contribution in [1.29, 1.82) is 0 Å². The summed E-state index contributed by atoms with van der Waals surface area (Å²) in [5.74, 6) is 0. The first-order valence-corrected chi connectivity index (χ1v) is 8.21. The largest absolute Gasteiger partial charge is 0.326 e. The maximum atomic E-state index is 12.0. The molecular formula is C10H12N2O2S3. The number of hydrogen-bond donors (Lipinski definition) is 2. The zero-order chi connectivity index (χ0) is 12.3. The van der Waals surface area contributed by atoms with E-state index in [-0.39, 0.29) is 6.54 Å². The van der Waals surface area contributed by atoms with E-state index in [4.69, 9.17) is 5.73 Å². The molecule has 2 rings (SSSR count). The molecule has 0 bridgehead atoms. The highest BCUT2D eigenvalue weighted by Gasteiger charge is 2.18. The highest BCUT2D eigenvalue weighted by molar-refractivity contribution is 7.89. The van der Waals surface area contributed by atoms with E-state index in [0.29, 0.717) is 16.3 Å². The Bertz CT molecular complexity index is 572. The summed E-state index contributed by atoms with van der Waals surface area (Å²) in [6, 6.07) is 3.48. The predicted molar refractivity (Wildman–Crippen MR) is 70.6 cm³/mol. The molecule has 0 aliphatic heterocycles. The van der Waals surface area contributed by atoms with E-state index in [0.717, 1.165) is 5.56 Å². The number of hydrogen-bond acceptors (Lipinski definition) is 5. The summed E-state index contributed by atoms with van der Waals surface area (Å²) in [4.78, 5) is 0.975. The third-order valence-electron chi connectivity index (χ3n) is 2.23. The van der Waals surface area contributed by atoms with Gasteiger partial charge >= 0.3 is 0 Å². The highest BCUT2D eigenvalue weighted by atomic mass is 32.2. The minimum Gasteiger partial charge on any atom is -0.326 e. The molecule has 3 N–H and O–H groups in total. The fourth-order valence-electron chi connectivity index (χ4n) is 1.37. The first kappa shape index (κ1) is 12.7. The molecular weight excluding hydrogens is 276 g/mol. The summed E-state index contributed by atoms with van der Waals surface area (Å²) in [6.07, 6.45) is 0. The smallest absolute Gasteiger partial charge is 0.242 e. The van der Waals surface area contributed by atoms with Crippen LogP contribution in [0, 0.1) is 0 Å². The minimum atomic E-state index is -3.45. The van der Waals surface area contributed by atoms with E-state index in [2.05, 4.69) is 4.72 Å². The van der Waals surface area contributed by atoms with Crippen LogP contribution in [-0.2, 0) is 23.1 Å². The fourth-order valence-corrected chi connectivity index (χ4v) is 4.39. The molecule has 0 aliphatic carbocycles. The van der Waals surface area contributed by atoms with Gasteiger partial charge in [-0.1, -0.05) is 0 Å². The van der Waals surface area contributed by atoms with Crippen LogP contribution in [0.15, 0.2) is 33.2 Å². The van der Waals surface area contributed by atoms with Crippen LogP contribution >= 0.6 is 22.7 Å². The summed E-state index contributed by atoms with van der Waals surface area (Å²) in [5.41, 5.74) is 6.46. The average Bonchev–Trinajstić information content (AvgIpc) is 2.97. The summed E-state index contributed by atoms with van der Waals surface area (Å²) < 4.78 is 26.6. The van der Waals surface area contributed by atoms with Crippen LogP contribution in [0.4, 0.5) is 0 Å². The molecule has 2 aromatic rings. The normalized spacial score (nSPS) is 11.8. The van der Waals surface area contributed by atoms with Crippen LogP contribution in [-0.4, -0.2) is 8.42 Å². The van der Waals surface area contributed by atoms with Gasteiger partial charge in [-0.05, 0) is 33.8 Å². The summed E-state index contributed by atoms with van der Waals surface area (Å²) in [7, 11) is -3.45. The van der Waals surface area contributed by atoms with Crippen molar-refractivity contribution in [2.45, 2.75) is 18.0 Å². The molecule has 0 fully saturated rings. The first-order valence-electron chi connectivity index (χ1n) is 4.90. The molecule has 4 nitrogen and oxygen atoms in total. The maximum Gasteiger partial charge on any atom is 0.242 e. The zero-order valence-corrected chi connectivity index (χ0v) is 11.4. The maximum absolute atomic E-state index is 12.0. The molecule has 0 spiro atoms. The van der Waals surface area contributed by atoms with Crippen molar-refractivity contribution in [3.8, 4) is 0 Å². The van der Waals surface area contributed by atoms with E-state index in [1.54, 1.807) is 22.8 Å². The second-order valence-electron chi connectivity index (χ2n) is 3.37. The van der Waals surface area contributed by atoms with Crippen molar-refractivity contribution in [2.24, 2.45) is 5.73 Å². The van der Waals surface area contributed by atoms with Gasteiger partial charge in [0.2, 0.25) is 10.0 Å². The van der Waals surface area contributed by atoms with Crippen molar-refractivity contribution < 1.29 is 8.42 Å². The lowest BCUT2D eigenvalue weighted by atomic mass is 10.4. The lowest BCUT2D eigenvalue weighted by Crippen LogP contribution is -2.23. The van der Waals surface area contributed by atoms with Gasteiger partial charge in [0, 0.05) is 18.0 Å². The van der Waals surface area contributed by atoms with Gasteiger partial charge in [0.25, 0.3) is 0 Å². The Morgan fingerprint density at radius 1 is 1.29 bits per heavy atom. The number of sulfonamides is 1. The first-order chi connectivity index (χ1) is 8.13. The molecule has 0 radical (unpaired) electrons. The molecule has 0 aliphatic rings. The van der Waals surface area contributed by atoms with Crippen molar-refractivity contribution in [3.63, 3.8) is 0 Å². The van der Waals surface area contributed by atoms with Gasteiger partial charge in [-0.15, -0.1) is 11.3 Å². The van der Waals surface area contributed by atoms with E-state index >= 15 is 0 Å². The Morgan fingerprint density at radius 2 is 2.12 bits per heavy atom. The SMILES string of the molecule is NCc1sccc1S(=O)(=O)NCc1ccsc1. The van der Waals surface area contributed by atoms with E-state index in [9.17, 15) is 8.42 Å². The molecule has 0 unspecified atom stereocenters. The highest BCUT2D eigenvalue weighted by Crippen LogP contribution is 2.21. The Balaban J connectivity index is 2.14. The molecule has 0 amide bonds. The topological polar surface area (TPSA) is 72.2 Å². The summed E-state index contributed by atoms with van der Waals surface area (Å²) >= 11 is 2.90. The van der Waals surface area contributed by atoms with E-state index in [1.165, 1.54) is 11.3 Å². The lowest BCUT2D eigenvalue weighted by Gasteiger charge is -2.05. The van der Waals surface area contributed by atoms with E-state index < -0.39 is 10.0 Å². The fraction of sp³-hybridized carbons (Fsp3) is 0.200. The van der Waals surface area contributed by atoms with Gasteiger partial charge in [0.05, 0.1) is 4.90 Å². The van der Waals surface area contributed by atoms with Crippen LogP contribution in [0.1, 0.15) is 10.4 Å². The Labute approximate surface area is 108 Å². The Kier molecular flexibility index (Phi) is 3.95. The predicted octanol–water partition coefficient (Wildman–Crippen LogP) is 1.75. The van der Waals surface area contributed by atoms with E-state index in [1.807, 2.05) is 16.8 Å². The van der Waals surface area contributed by atoms with Gasteiger partial charge in [0.15, 0.2) is 0 Å². The van der Waals surface area contributed by atoms with Crippen molar-refractivity contribution in [3.05, 3.63) is 38.7 Å². The quantitative estimate of drug-likeness (QED) is 0.880. The van der Waals surface area contributed by atoms with Crippen molar-refractivity contribution in [1.82, 2.24) is 4.72 Å². The van der Waals surface area contributed by atoms with Crippen LogP contribution in [0.5, 0.6) is 0 Å². The number of nitrogens with one attached hydrogen (secondary N) is 1. The van der Waals surface area contributed by atoms with Gasteiger partial charge in [-0.3, -0.25) is 0 Å². The summed E-state index contributed by atoms with van der Waals surface area (Å²) in [6.45, 7) is 0.554. The van der Waals surface area contributed by atoms with Crippen LogP contribution in [0.2, 0.25) is 0 Å². The second kappa shape index (κ2) is 5.28. The molecule has 0 saturated carbocycles. The molecule has 0 aromatic carbocycles. The van der Waals surface area contributed by atoms with Gasteiger partial charge < -0.3 is 5.73 Å². The molecule has 0 saturated heterocycles. The van der Waals surface area contributed by atoms with Crippen molar-refractivity contribution in [2.75, 3.05) is 0 Å². The minimum absolute atomic E-state index is 0.242. The van der Waals surface area contributed by atoms with Gasteiger partial charge in [-0.2, -0.15) is 11.3 Å². The van der Waals surface area contributed by atoms with Gasteiger partial charge in [-0.25, -0.2) is 13.1 Å². The Morgan fingerprint density at radius 3 is 2.76 bits per heavy atom. The molecule has 92 valence electrons. The standard InChI is InChI=1S/C10H12N2O2S3/c11-5-9-10(2-4-16-9)17(13,14)12-6-8-1-3-15-7-8/h1-4,7,12H,5-6,11H2. The molecule has 2 aromatic heterocycles. The molecule has 17 heavy (non-hydrogen) atoms. The van der Waals surface area contributed by atoms with Crippen LogP contribution in [0.3, 0.4) is 0 Å². The molecule has 0 atom stereocenters. The third kappa shape index (κ3) is 2.93. The third-order valence-corrected chi connectivity index (χ3v) is 5.52. The molecule has 7 heteroatoms. The zero-order valence-electron chi connectivity index (χ0n) is 8.92. The molecule has 2 heterocycles. The summed E-state index contributed by atoms with van der Waals surface area (Å²) in [5, 5.41) is 5.57. The van der Waals surface area contributed by atoms with Crippen molar-refractivity contribution >= 4 is 32.7 Å². The second-order valence-corrected chi connectivity index (χ2v) is 6.88. The average molecular weight is 288 g/mol.